The highest BCUT2D eigenvalue weighted by atomic mass is 16.5. The number of hydrogen-bond donors (Lipinski definition) is 2. The Morgan fingerprint density at radius 1 is 1.25 bits per heavy atom. The predicted octanol–water partition coefficient (Wildman–Crippen LogP) is 3.52. The van der Waals surface area contributed by atoms with Crippen LogP contribution >= 0.6 is 0 Å². The van der Waals surface area contributed by atoms with Gasteiger partial charge >= 0.3 is 6.09 Å². The van der Waals surface area contributed by atoms with E-state index in [-0.39, 0.29) is 6.61 Å². The first kappa shape index (κ1) is 14.3. The predicted molar refractivity (Wildman–Crippen MR) is 81.8 cm³/mol. The van der Waals surface area contributed by atoms with E-state index in [4.69, 9.17) is 10.5 Å². The number of rotatable bonds is 4. The number of anilines is 1. The van der Waals surface area contributed by atoms with Crippen LogP contribution in [0, 0.1) is 0 Å². The lowest BCUT2D eigenvalue weighted by molar-refractivity contribution is 0.133. The zero-order valence-corrected chi connectivity index (χ0v) is 11.8. The minimum Gasteiger partial charge on any atom is -0.447 e. The summed E-state index contributed by atoms with van der Waals surface area (Å²) in [6, 6.07) is 13.6. The molecular weight excluding hydrogens is 252 g/mol. The second-order valence-electron chi connectivity index (χ2n) is 5.24. The molecule has 0 saturated heterocycles. The normalized spacial score (nSPS) is 13.8. The number of carbonyl (C=O) groups excluding carboxylic acids is 1. The fraction of sp³-hybridized carbons (Fsp3) is 0.312. The first-order chi connectivity index (χ1) is 9.52. The molecule has 0 bridgehead atoms. The van der Waals surface area contributed by atoms with Gasteiger partial charge in [0, 0.05) is 10.9 Å². The van der Waals surface area contributed by atoms with Gasteiger partial charge in [0.15, 0.2) is 0 Å². The maximum atomic E-state index is 11.8. The molecule has 106 valence electrons. The summed E-state index contributed by atoms with van der Waals surface area (Å²) < 4.78 is 5.18. The van der Waals surface area contributed by atoms with Crippen molar-refractivity contribution >= 4 is 22.6 Å². The van der Waals surface area contributed by atoms with Gasteiger partial charge in [-0.3, -0.25) is 5.32 Å². The largest absolute Gasteiger partial charge is 0.447 e. The van der Waals surface area contributed by atoms with E-state index in [2.05, 4.69) is 5.32 Å². The molecule has 1 amide bonds. The first-order valence-corrected chi connectivity index (χ1v) is 6.72. The Bertz CT molecular complexity index is 603. The van der Waals surface area contributed by atoms with E-state index in [1.807, 2.05) is 56.3 Å². The number of fused-ring (bicyclic) bond motifs is 1. The van der Waals surface area contributed by atoms with Crippen LogP contribution in [0.1, 0.15) is 20.3 Å². The van der Waals surface area contributed by atoms with Crippen LogP contribution in [-0.2, 0) is 4.74 Å². The monoisotopic (exact) mass is 272 g/mol. The SMILES string of the molecule is CCC(C)(N)COC(=O)Nc1cccc2ccccc12. The van der Waals surface area contributed by atoms with Gasteiger partial charge in [0.1, 0.15) is 6.61 Å². The molecule has 0 aliphatic rings. The Morgan fingerprint density at radius 2 is 1.95 bits per heavy atom. The molecule has 4 heteroatoms. The van der Waals surface area contributed by atoms with E-state index >= 15 is 0 Å². The average Bonchev–Trinajstić information content (AvgIpc) is 2.46. The van der Waals surface area contributed by atoms with E-state index in [0.29, 0.717) is 0 Å². The molecule has 1 atom stereocenters. The molecule has 4 nitrogen and oxygen atoms in total. The molecule has 0 aromatic heterocycles. The molecule has 0 aliphatic heterocycles. The molecule has 0 radical (unpaired) electrons. The van der Waals surface area contributed by atoms with E-state index in [1.54, 1.807) is 0 Å². The summed E-state index contributed by atoms with van der Waals surface area (Å²) in [6.07, 6.45) is 0.264. The molecule has 2 rings (SSSR count). The Labute approximate surface area is 118 Å². The van der Waals surface area contributed by atoms with Gasteiger partial charge in [0.2, 0.25) is 0 Å². The third-order valence-electron chi connectivity index (χ3n) is 3.37. The lowest BCUT2D eigenvalue weighted by atomic mass is 10.0. The lowest BCUT2D eigenvalue weighted by Crippen LogP contribution is -2.41. The highest BCUT2D eigenvalue weighted by Crippen LogP contribution is 2.23. The van der Waals surface area contributed by atoms with Crippen molar-refractivity contribution in [3.8, 4) is 0 Å². The molecule has 20 heavy (non-hydrogen) atoms. The van der Waals surface area contributed by atoms with Crippen molar-refractivity contribution in [1.29, 1.82) is 0 Å². The number of ether oxygens (including phenoxy) is 1. The van der Waals surface area contributed by atoms with Crippen molar-refractivity contribution in [2.75, 3.05) is 11.9 Å². The van der Waals surface area contributed by atoms with E-state index in [1.165, 1.54) is 0 Å². The van der Waals surface area contributed by atoms with Crippen LogP contribution < -0.4 is 11.1 Å². The summed E-state index contributed by atoms with van der Waals surface area (Å²) in [4.78, 5) is 11.8. The molecular formula is C16H20N2O2. The van der Waals surface area contributed by atoms with Gasteiger partial charge in [-0.1, -0.05) is 43.3 Å². The fourth-order valence-electron chi connectivity index (χ4n) is 1.81. The number of benzene rings is 2. The second-order valence-corrected chi connectivity index (χ2v) is 5.24. The summed E-state index contributed by atoms with van der Waals surface area (Å²) in [5.74, 6) is 0. The fourth-order valence-corrected chi connectivity index (χ4v) is 1.81. The summed E-state index contributed by atoms with van der Waals surface area (Å²) >= 11 is 0. The number of carbonyl (C=O) groups is 1. The molecule has 3 N–H and O–H groups in total. The Morgan fingerprint density at radius 3 is 2.70 bits per heavy atom. The van der Waals surface area contributed by atoms with Crippen molar-refractivity contribution in [3.63, 3.8) is 0 Å². The number of amides is 1. The van der Waals surface area contributed by atoms with E-state index in [0.717, 1.165) is 22.9 Å². The molecule has 2 aromatic rings. The topological polar surface area (TPSA) is 64.3 Å². The third kappa shape index (κ3) is 3.48. The van der Waals surface area contributed by atoms with Gasteiger partial charge in [-0.2, -0.15) is 0 Å². The zero-order valence-electron chi connectivity index (χ0n) is 11.8. The van der Waals surface area contributed by atoms with Crippen LogP contribution in [0.4, 0.5) is 10.5 Å². The summed E-state index contributed by atoms with van der Waals surface area (Å²) in [7, 11) is 0. The molecule has 0 heterocycles. The van der Waals surface area contributed by atoms with E-state index in [9.17, 15) is 4.79 Å². The molecule has 0 aliphatic carbocycles. The van der Waals surface area contributed by atoms with Crippen LogP contribution in [0.25, 0.3) is 10.8 Å². The Kier molecular flexibility index (Phi) is 4.25. The smallest absolute Gasteiger partial charge is 0.411 e. The molecule has 0 saturated carbocycles. The van der Waals surface area contributed by atoms with Gasteiger partial charge in [-0.05, 0) is 24.8 Å². The van der Waals surface area contributed by atoms with Crippen molar-refractivity contribution < 1.29 is 9.53 Å². The van der Waals surface area contributed by atoms with Crippen LogP contribution in [0.5, 0.6) is 0 Å². The van der Waals surface area contributed by atoms with Gasteiger partial charge in [0.05, 0.1) is 5.69 Å². The highest BCUT2D eigenvalue weighted by Gasteiger charge is 2.18. The van der Waals surface area contributed by atoms with Gasteiger partial charge in [-0.15, -0.1) is 0 Å². The molecule has 2 aromatic carbocycles. The van der Waals surface area contributed by atoms with Crippen molar-refractivity contribution in [3.05, 3.63) is 42.5 Å². The number of nitrogens with two attached hydrogens (primary N) is 1. The van der Waals surface area contributed by atoms with Crippen molar-refractivity contribution in [1.82, 2.24) is 0 Å². The van der Waals surface area contributed by atoms with Crippen LogP contribution in [-0.4, -0.2) is 18.2 Å². The zero-order chi connectivity index (χ0) is 14.6. The van der Waals surface area contributed by atoms with Gasteiger partial charge < -0.3 is 10.5 Å². The number of nitrogens with one attached hydrogen (secondary N) is 1. The maximum Gasteiger partial charge on any atom is 0.411 e. The van der Waals surface area contributed by atoms with Crippen LogP contribution in [0.2, 0.25) is 0 Å². The number of hydrogen-bond acceptors (Lipinski definition) is 3. The van der Waals surface area contributed by atoms with Crippen LogP contribution in [0.15, 0.2) is 42.5 Å². The standard InChI is InChI=1S/C16H20N2O2/c1-3-16(2,17)11-20-15(19)18-14-10-6-8-12-7-4-5-9-13(12)14/h4-10H,3,11,17H2,1-2H3,(H,18,19). The highest BCUT2D eigenvalue weighted by molar-refractivity contribution is 6.00. The Balaban J connectivity index is 2.07. The third-order valence-corrected chi connectivity index (χ3v) is 3.37. The van der Waals surface area contributed by atoms with Gasteiger partial charge in [0.25, 0.3) is 0 Å². The average molecular weight is 272 g/mol. The van der Waals surface area contributed by atoms with E-state index < -0.39 is 11.6 Å². The minimum atomic E-state index is -0.490. The molecule has 1 unspecified atom stereocenters. The van der Waals surface area contributed by atoms with Gasteiger partial charge in [-0.25, -0.2) is 4.79 Å². The maximum absolute atomic E-state index is 11.8. The quantitative estimate of drug-likeness (QED) is 0.895. The second kappa shape index (κ2) is 5.92. The van der Waals surface area contributed by atoms with Crippen molar-refractivity contribution in [2.24, 2.45) is 5.73 Å². The molecule has 0 spiro atoms. The van der Waals surface area contributed by atoms with Crippen molar-refractivity contribution in [2.45, 2.75) is 25.8 Å². The first-order valence-electron chi connectivity index (χ1n) is 6.72. The van der Waals surface area contributed by atoms with Crippen LogP contribution in [0.3, 0.4) is 0 Å². The summed E-state index contributed by atoms with van der Waals surface area (Å²) in [5, 5.41) is 4.82. The summed E-state index contributed by atoms with van der Waals surface area (Å²) in [6.45, 7) is 4.02. The lowest BCUT2D eigenvalue weighted by Gasteiger charge is -2.22. The Hall–Kier alpha value is -2.07. The summed E-state index contributed by atoms with van der Waals surface area (Å²) in [5.41, 5.74) is 6.19. The molecule has 0 fully saturated rings. The minimum absolute atomic E-state index is 0.195.